The maximum Gasteiger partial charge on any atom is 0.303 e. The molecular weight excluding hydrogens is 286 g/mol. The molecule has 0 unspecified atom stereocenters. The van der Waals surface area contributed by atoms with Gasteiger partial charge in [0, 0.05) is 18.8 Å². The first-order valence-corrected chi connectivity index (χ1v) is 8.33. The minimum Gasteiger partial charge on any atom is -0.254 e. The molecule has 3 rings (SSSR count). The second-order valence-corrected chi connectivity index (χ2v) is 6.68. The molecule has 0 amide bonds. The minimum absolute atomic E-state index is 0.366. The molecule has 1 aromatic carbocycles. The fourth-order valence-electron chi connectivity index (χ4n) is 2.40. The van der Waals surface area contributed by atoms with Crippen LogP contribution in [0.1, 0.15) is 23.7 Å². The van der Waals surface area contributed by atoms with Crippen LogP contribution in [-0.4, -0.2) is 17.7 Å². The molecule has 0 saturated heterocycles. The summed E-state index contributed by atoms with van der Waals surface area (Å²) in [5, 5.41) is 0. The summed E-state index contributed by atoms with van der Waals surface area (Å²) in [6.45, 7) is 2.79. The van der Waals surface area contributed by atoms with Gasteiger partial charge in [-0.3, -0.25) is 4.72 Å². The van der Waals surface area contributed by atoms with Gasteiger partial charge in [-0.05, 0) is 29.7 Å². The van der Waals surface area contributed by atoms with Gasteiger partial charge in [0.1, 0.15) is 5.82 Å². The van der Waals surface area contributed by atoms with Crippen LogP contribution in [0.25, 0.3) is 0 Å². The Morgan fingerprint density at radius 2 is 1.76 bits per heavy atom. The lowest BCUT2D eigenvalue weighted by Crippen LogP contribution is -2.31. The second-order valence-electron chi connectivity index (χ2n) is 5.01. The average molecular weight is 303 g/mol. The Labute approximate surface area is 124 Å². The number of hydrogen-bond donors (Lipinski definition) is 1. The smallest absolute Gasteiger partial charge is 0.254 e. The first-order valence-electron chi connectivity index (χ1n) is 6.89. The molecule has 2 aromatic rings. The molecule has 0 spiro atoms. The minimum atomic E-state index is -3.58. The average Bonchev–Trinajstić information content (AvgIpc) is 2.92. The van der Waals surface area contributed by atoms with Crippen LogP contribution in [0.5, 0.6) is 0 Å². The van der Waals surface area contributed by atoms with Crippen LogP contribution in [0.2, 0.25) is 0 Å². The lowest BCUT2D eigenvalue weighted by atomic mass is 10.1. The number of aromatic nitrogens is 1. The molecule has 0 fully saturated rings. The van der Waals surface area contributed by atoms with Crippen molar-refractivity contribution >= 4 is 16.0 Å². The molecule has 0 aliphatic carbocycles. The molecule has 1 aliphatic heterocycles. The van der Waals surface area contributed by atoms with Crippen molar-refractivity contribution in [2.45, 2.75) is 26.4 Å². The fourth-order valence-corrected chi connectivity index (χ4v) is 3.53. The highest BCUT2D eigenvalue weighted by atomic mass is 32.2. The van der Waals surface area contributed by atoms with Gasteiger partial charge in [-0.15, -0.1) is 0 Å². The summed E-state index contributed by atoms with van der Waals surface area (Å²) in [6, 6.07) is 13.1. The largest absolute Gasteiger partial charge is 0.303 e. The van der Waals surface area contributed by atoms with Gasteiger partial charge in [-0.25, -0.2) is 4.98 Å². The molecule has 6 heteroatoms. The first kappa shape index (κ1) is 14.0. The summed E-state index contributed by atoms with van der Waals surface area (Å²) in [4.78, 5) is 4.28. The van der Waals surface area contributed by atoms with Crippen molar-refractivity contribution in [3.63, 3.8) is 0 Å². The Morgan fingerprint density at radius 1 is 1.10 bits per heavy atom. The van der Waals surface area contributed by atoms with E-state index < -0.39 is 10.2 Å². The second kappa shape index (κ2) is 5.46. The molecule has 1 N–H and O–H groups in total. The highest BCUT2D eigenvalue weighted by Crippen LogP contribution is 2.25. The molecule has 21 heavy (non-hydrogen) atoms. The number of aryl methyl sites for hydroxylation is 1. The van der Waals surface area contributed by atoms with E-state index in [9.17, 15) is 8.42 Å². The zero-order chi connectivity index (χ0) is 14.9. The lowest BCUT2D eigenvalue weighted by molar-refractivity contribution is 0.436. The van der Waals surface area contributed by atoms with Gasteiger partial charge >= 0.3 is 10.2 Å². The van der Waals surface area contributed by atoms with Gasteiger partial charge in [0.2, 0.25) is 0 Å². The molecule has 1 aliphatic rings. The number of fused-ring (bicyclic) bond motifs is 1. The maximum atomic E-state index is 12.4. The number of benzene rings is 1. The number of rotatable bonds is 4. The van der Waals surface area contributed by atoms with Crippen molar-refractivity contribution in [2.24, 2.45) is 0 Å². The van der Waals surface area contributed by atoms with Gasteiger partial charge in [0.15, 0.2) is 0 Å². The number of nitrogens with zero attached hydrogens (tertiary/aromatic N) is 2. The predicted octanol–water partition coefficient (Wildman–Crippen LogP) is 2.32. The van der Waals surface area contributed by atoms with Crippen molar-refractivity contribution in [1.29, 1.82) is 0 Å². The highest BCUT2D eigenvalue weighted by Gasteiger charge is 2.29. The molecule has 110 valence electrons. The molecule has 0 saturated carbocycles. The topological polar surface area (TPSA) is 62.3 Å². The Balaban J connectivity index is 1.79. The number of hydrogen-bond acceptors (Lipinski definition) is 3. The number of nitrogens with one attached hydrogen (secondary N) is 1. The molecule has 0 atom stereocenters. The summed E-state index contributed by atoms with van der Waals surface area (Å²) in [5.74, 6) is 0.366. The summed E-state index contributed by atoms with van der Waals surface area (Å²) < 4.78 is 28.9. The van der Waals surface area contributed by atoms with Crippen molar-refractivity contribution in [1.82, 2.24) is 9.29 Å². The number of anilines is 1. The molecule has 0 bridgehead atoms. The van der Waals surface area contributed by atoms with E-state index in [1.54, 1.807) is 6.07 Å². The van der Waals surface area contributed by atoms with E-state index in [0.717, 1.165) is 23.2 Å². The normalized spacial score (nSPS) is 14.9. The Bertz CT molecular complexity index is 734. The molecule has 0 radical (unpaired) electrons. The zero-order valence-corrected chi connectivity index (χ0v) is 12.6. The van der Waals surface area contributed by atoms with E-state index in [2.05, 4.69) is 9.71 Å². The predicted molar refractivity (Wildman–Crippen MR) is 81.8 cm³/mol. The van der Waals surface area contributed by atoms with Crippen LogP contribution in [0.4, 0.5) is 5.82 Å². The van der Waals surface area contributed by atoms with Crippen LogP contribution in [0.15, 0.2) is 42.5 Å². The summed E-state index contributed by atoms with van der Waals surface area (Å²) >= 11 is 0. The summed E-state index contributed by atoms with van der Waals surface area (Å²) in [6.07, 6.45) is 0.769. The third kappa shape index (κ3) is 2.91. The van der Waals surface area contributed by atoms with Gasteiger partial charge in [-0.2, -0.15) is 12.7 Å². The van der Waals surface area contributed by atoms with E-state index in [1.165, 1.54) is 4.31 Å². The third-order valence-corrected chi connectivity index (χ3v) is 4.96. The molecule has 2 heterocycles. The summed E-state index contributed by atoms with van der Waals surface area (Å²) in [7, 11) is -3.58. The van der Waals surface area contributed by atoms with E-state index in [-0.39, 0.29) is 0 Å². The SMILES string of the molecule is CCc1cccc(NS(=O)(=O)N2Cc3ccccc3C2)n1. The lowest BCUT2D eigenvalue weighted by Gasteiger charge is -2.16. The van der Waals surface area contributed by atoms with Crippen molar-refractivity contribution in [3.05, 3.63) is 59.3 Å². The van der Waals surface area contributed by atoms with Crippen molar-refractivity contribution in [3.8, 4) is 0 Å². The van der Waals surface area contributed by atoms with Crippen LogP contribution in [-0.2, 0) is 29.7 Å². The van der Waals surface area contributed by atoms with Crippen LogP contribution >= 0.6 is 0 Å². The highest BCUT2D eigenvalue weighted by molar-refractivity contribution is 7.90. The van der Waals surface area contributed by atoms with Gasteiger partial charge in [-0.1, -0.05) is 37.3 Å². The first-order chi connectivity index (χ1) is 10.1. The summed E-state index contributed by atoms with van der Waals surface area (Å²) in [5.41, 5.74) is 2.97. The standard InChI is InChI=1S/C15H17N3O2S/c1-2-14-8-5-9-15(16-14)17-21(19,20)18-10-12-6-3-4-7-13(12)11-18/h3-9H,2,10-11H2,1H3,(H,16,17). The van der Waals surface area contributed by atoms with E-state index in [1.807, 2.05) is 43.3 Å². The van der Waals surface area contributed by atoms with Crippen molar-refractivity contribution in [2.75, 3.05) is 4.72 Å². The van der Waals surface area contributed by atoms with Crippen LogP contribution in [0.3, 0.4) is 0 Å². The van der Waals surface area contributed by atoms with Crippen LogP contribution in [0, 0.1) is 0 Å². The maximum absolute atomic E-state index is 12.4. The van der Waals surface area contributed by atoms with Gasteiger partial charge < -0.3 is 0 Å². The van der Waals surface area contributed by atoms with Gasteiger partial charge in [0.05, 0.1) is 0 Å². The molecule has 5 nitrogen and oxygen atoms in total. The van der Waals surface area contributed by atoms with Crippen LogP contribution < -0.4 is 4.72 Å². The Kier molecular flexibility index (Phi) is 3.65. The zero-order valence-electron chi connectivity index (χ0n) is 11.8. The van der Waals surface area contributed by atoms with Gasteiger partial charge in [0.25, 0.3) is 0 Å². The van der Waals surface area contributed by atoms with E-state index in [4.69, 9.17) is 0 Å². The number of pyridine rings is 1. The quantitative estimate of drug-likeness (QED) is 0.943. The Hall–Kier alpha value is -1.92. The van der Waals surface area contributed by atoms with Crippen molar-refractivity contribution < 1.29 is 8.42 Å². The van der Waals surface area contributed by atoms with E-state index >= 15 is 0 Å². The Morgan fingerprint density at radius 3 is 2.38 bits per heavy atom. The molecule has 1 aromatic heterocycles. The van der Waals surface area contributed by atoms with E-state index in [0.29, 0.717) is 18.9 Å². The monoisotopic (exact) mass is 303 g/mol. The third-order valence-electron chi connectivity index (χ3n) is 3.55. The fraction of sp³-hybridized carbons (Fsp3) is 0.267. The molecular formula is C15H17N3O2S.